The van der Waals surface area contributed by atoms with Crippen molar-refractivity contribution in [2.24, 2.45) is 7.05 Å². The monoisotopic (exact) mass is 252 g/mol. The molecule has 0 radical (unpaired) electrons. The van der Waals surface area contributed by atoms with E-state index in [0.717, 1.165) is 11.5 Å². The molecule has 2 heterocycles. The maximum Gasteiger partial charge on any atom is 0.309 e. The summed E-state index contributed by atoms with van der Waals surface area (Å²) in [7, 11) is 1.83. The van der Waals surface area contributed by atoms with E-state index in [1.54, 1.807) is 10.1 Å². The molecule has 17 heavy (non-hydrogen) atoms. The van der Waals surface area contributed by atoms with E-state index in [1.807, 2.05) is 20.0 Å². The smallest absolute Gasteiger partial charge is 0.309 e. The van der Waals surface area contributed by atoms with Gasteiger partial charge in [-0.05, 0) is 6.92 Å². The lowest BCUT2D eigenvalue weighted by Gasteiger charge is -2.01. The minimum atomic E-state index is -0.877. The Morgan fingerprint density at radius 3 is 3.00 bits per heavy atom. The van der Waals surface area contributed by atoms with Gasteiger partial charge in [-0.25, -0.2) is 4.98 Å². The Morgan fingerprint density at radius 2 is 2.41 bits per heavy atom. The predicted octanol–water partition coefficient (Wildman–Crippen LogP) is 1.56. The number of nitrogens with zero attached hydrogens (tertiary/aromatic N) is 3. The van der Waals surface area contributed by atoms with E-state index in [9.17, 15) is 4.79 Å². The van der Waals surface area contributed by atoms with Crippen LogP contribution in [-0.2, 0) is 18.3 Å². The van der Waals surface area contributed by atoms with Gasteiger partial charge in [0.15, 0.2) is 5.13 Å². The average molecular weight is 252 g/mol. The number of hydrogen-bond donors (Lipinski definition) is 2. The molecule has 0 bridgehead atoms. The number of carboxylic acid groups (broad SMARTS) is 1. The van der Waals surface area contributed by atoms with Crippen molar-refractivity contribution >= 4 is 28.3 Å². The number of aliphatic carboxylic acids is 1. The molecule has 0 amide bonds. The second-order valence-corrected chi connectivity index (χ2v) is 4.49. The molecule has 2 aromatic rings. The van der Waals surface area contributed by atoms with Gasteiger partial charge in [-0.3, -0.25) is 9.48 Å². The average Bonchev–Trinajstić information content (AvgIpc) is 2.74. The molecule has 0 aliphatic carbocycles. The van der Waals surface area contributed by atoms with Crippen LogP contribution >= 0.6 is 11.3 Å². The highest BCUT2D eigenvalue weighted by Crippen LogP contribution is 2.21. The van der Waals surface area contributed by atoms with Crippen LogP contribution in [0.25, 0.3) is 0 Å². The molecule has 0 saturated heterocycles. The van der Waals surface area contributed by atoms with Gasteiger partial charge in [0.05, 0.1) is 17.8 Å². The van der Waals surface area contributed by atoms with Crippen LogP contribution in [0.3, 0.4) is 0 Å². The van der Waals surface area contributed by atoms with Crippen LogP contribution in [0.5, 0.6) is 0 Å². The summed E-state index contributed by atoms with van der Waals surface area (Å²) in [6, 6.07) is 1.90. The van der Waals surface area contributed by atoms with Crippen LogP contribution in [0.2, 0.25) is 0 Å². The number of anilines is 2. The molecule has 90 valence electrons. The van der Waals surface area contributed by atoms with Gasteiger partial charge in [0.2, 0.25) is 0 Å². The molecule has 0 aromatic carbocycles. The van der Waals surface area contributed by atoms with Gasteiger partial charge < -0.3 is 10.4 Å². The van der Waals surface area contributed by atoms with E-state index in [4.69, 9.17) is 5.11 Å². The quantitative estimate of drug-likeness (QED) is 0.863. The molecular formula is C10H12N4O2S. The fourth-order valence-electron chi connectivity index (χ4n) is 1.44. The van der Waals surface area contributed by atoms with Crippen molar-refractivity contribution in [3.63, 3.8) is 0 Å². The van der Waals surface area contributed by atoms with Crippen LogP contribution in [0.15, 0.2) is 11.4 Å². The summed E-state index contributed by atoms with van der Waals surface area (Å²) >= 11 is 1.38. The Hall–Kier alpha value is -1.89. The minimum Gasteiger partial charge on any atom is -0.481 e. The molecule has 7 heteroatoms. The molecule has 0 atom stereocenters. The molecule has 2 aromatic heterocycles. The number of nitrogens with one attached hydrogen (secondary N) is 1. The van der Waals surface area contributed by atoms with Crippen LogP contribution < -0.4 is 5.32 Å². The fourth-order valence-corrected chi connectivity index (χ4v) is 2.15. The van der Waals surface area contributed by atoms with Crippen LogP contribution in [0.1, 0.15) is 11.4 Å². The zero-order chi connectivity index (χ0) is 12.4. The first-order chi connectivity index (χ1) is 8.04. The summed E-state index contributed by atoms with van der Waals surface area (Å²) in [5.74, 6) is -0.0445. The SMILES string of the molecule is Cc1cc(Nc2nc(CC(=O)O)cs2)n(C)n1. The molecule has 0 saturated carbocycles. The number of carbonyl (C=O) groups is 1. The van der Waals surface area contributed by atoms with E-state index in [1.165, 1.54) is 11.3 Å². The second kappa shape index (κ2) is 4.54. The second-order valence-electron chi connectivity index (χ2n) is 3.63. The van der Waals surface area contributed by atoms with Crippen LogP contribution in [0.4, 0.5) is 10.9 Å². The fraction of sp³-hybridized carbons (Fsp3) is 0.300. The van der Waals surface area contributed by atoms with Crippen molar-refractivity contribution in [3.05, 3.63) is 22.8 Å². The third-order valence-electron chi connectivity index (χ3n) is 2.12. The molecule has 0 spiro atoms. The Kier molecular flexibility index (Phi) is 3.10. The molecule has 2 N–H and O–H groups in total. The third-order valence-corrected chi connectivity index (χ3v) is 2.93. The number of carboxylic acids is 1. The lowest BCUT2D eigenvalue weighted by atomic mass is 10.3. The van der Waals surface area contributed by atoms with Gasteiger partial charge in [0.25, 0.3) is 0 Å². The molecule has 2 rings (SSSR count). The van der Waals surface area contributed by atoms with Gasteiger partial charge in [0, 0.05) is 18.5 Å². The van der Waals surface area contributed by atoms with E-state index in [0.29, 0.717) is 10.8 Å². The summed E-state index contributed by atoms with van der Waals surface area (Å²) in [6.45, 7) is 1.91. The number of thiazole rings is 1. The summed E-state index contributed by atoms with van der Waals surface area (Å²) in [6.07, 6.45) is -0.0530. The predicted molar refractivity (Wildman–Crippen MR) is 64.7 cm³/mol. The standard InChI is InChI=1S/C10H12N4O2S/c1-6-3-8(14(2)13-6)12-10-11-7(5-17-10)4-9(15)16/h3,5H,4H2,1-2H3,(H,11,12)(H,15,16). The number of hydrogen-bond acceptors (Lipinski definition) is 5. The normalized spacial score (nSPS) is 10.5. The highest BCUT2D eigenvalue weighted by atomic mass is 32.1. The first-order valence-electron chi connectivity index (χ1n) is 4.98. The van der Waals surface area contributed by atoms with E-state index >= 15 is 0 Å². The van der Waals surface area contributed by atoms with Crippen molar-refractivity contribution in [2.45, 2.75) is 13.3 Å². The Morgan fingerprint density at radius 1 is 1.65 bits per heavy atom. The lowest BCUT2D eigenvalue weighted by Crippen LogP contribution is -2.01. The molecule has 6 nitrogen and oxygen atoms in total. The highest BCUT2D eigenvalue weighted by Gasteiger charge is 2.08. The van der Waals surface area contributed by atoms with Crippen molar-refractivity contribution in [2.75, 3.05) is 5.32 Å². The molecule has 0 unspecified atom stereocenters. The summed E-state index contributed by atoms with van der Waals surface area (Å²) in [5.41, 5.74) is 1.47. The van der Waals surface area contributed by atoms with E-state index < -0.39 is 5.97 Å². The van der Waals surface area contributed by atoms with Crippen LogP contribution in [-0.4, -0.2) is 25.8 Å². The Balaban J connectivity index is 2.11. The Labute approximate surface area is 102 Å². The topological polar surface area (TPSA) is 80.0 Å². The van der Waals surface area contributed by atoms with Crippen molar-refractivity contribution in [1.29, 1.82) is 0 Å². The molecule has 0 fully saturated rings. The maximum atomic E-state index is 10.5. The van der Waals surface area contributed by atoms with Gasteiger partial charge >= 0.3 is 5.97 Å². The number of rotatable bonds is 4. The van der Waals surface area contributed by atoms with Gasteiger partial charge in [-0.1, -0.05) is 0 Å². The number of aromatic nitrogens is 3. The van der Waals surface area contributed by atoms with Gasteiger partial charge in [0.1, 0.15) is 5.82 Å². The first-order valence-corrected chi connectivity index (χ1v) is 5.86. The molecule has 0 aliphatic heterocycles. The van der Waals surface area contributed by atoms with Crippen molar-refractivity contribution in [1.82, 2.24) is 14.8 Å². The number of aryl methyl sites for hydroxylation is 2. The highest BCUT2D eigenvalue weighted by molar-refractivity contribution is 7.13. The van der Waals surface area contributed by atoms with Gasteiger partial charge in [-0.15, -0.1) is 11.3 Å². The first kappa shape index (κ1) is 11.6. The van der Waals surface area contributed by atoms with Crippen LogP contribution in [0, 0.1) is 6.92 Å². The van der Waals surface area contributed by atoms with Gasteiger partial charge in [-0.2, -0.15) is 5.10 Å². The minimum absolute atomic E-state index is 0.0530. The van der Waals surface area contributed by atoms with Crippen molar-refractivity contribution < 1.29 is 9.90 Å². The van der Waals surface area contributed by atoms with E-state index in [2.05, 4.69) is 15.4 Å². The zero-order valence-corrected chi connectivity index (χ0v) is 10.3. The summed E-state index contributed by atoms with van der Waals surface area (Å²) < 4.78 is 1.72. The van der Waals surface area contributed by atoms with Crippen molar-refractivity contribution in [3.8, 4) is 0 Å². The Bertz CT molecular complexity index is 546. The summed E-state index contributed by atoms with van der Waals surface area (Å²) in [4.78, 5) is 14.7. The zero-order valence-electron chi connectivity index (χ0n) is 9.47. The largest absolute Gasteiger partial charge is 0.481 e. The molecular weight excluding hydrogens is 240 g/mol. The molecule has 0 aliphatic rings. The maximum absolute atomic E-state index is 10.5. The lowest BCUT2D eigenvalue weighted by molar-refractivity contribution is -0.136. The van der Waals surface area contributed by atoms with E-state index in [-0.39, 0.29) is 6.42 Å². The summed E-state index contributed by atoms with van der Waals surface area (Å²) in [5, 5.41) is 18.4. The third kappa shape index (κ3) is 2.82.